The first kappa shape index (κ1) is 13.6. The number of hydrogen-bond donors (Lipinski definition) is 1. The topological polar surface area (TPSA) is 23.5 Å². The van der Waals surface area contributed by atoms with Gasteiger partial charge in [-0.25, -0.2) is 0 Å². The average molecular weight is 247 g/mol. The fourth-order valence-electron chi connectivity index (χ4n) is 2.89. The standard InChI is InChI=1S/C16H25NO/c1-13-8-10-15(11-9-13)17(2)12-16(18)14-6-4-3-5-7-14/h3-7,13,15-16,18H,8-12H2,1-2H3/t13?,15?,16-/m0/s1. The SMILES string of the molecule is CC1CCC(N(C)C[C@H](O)c2ccccc2)CC1. The molecule has 1 aliphatic rings. The number of benzene rings is 1. The maximum atomic E-state index is 10.2. The summed E-state index contributed by atoms with van der Waals surface area (Å²) >= 11 is 0. The molecule has 2 nitrogen and oxygen atoms in total. The second-order valence-corrected chi connectivity index (χ2v) is 5.78. The number of hydrogen-bond acceptors (Lipinski definition) is 2. The Morgan fingerprint density at radius 3 is 2.39 bits per heavy atom. The van der Waals surface area contributed by atoms with E-state index in [1.165, 1.54) is 25.7 Å². The lowest BCUT2D eigenvalue weighted by molar-refractivity contribution is 0.0857. The molecular formula is C16H25NO. The second kappa shape index (κ2) is 6.35. The molecule has 0 saturated heterocycles. The van der Waals surface area contributed by atoms with E-state index in [1.807, 2.05) is 30.3 Å². The lowest BCUT2D eigenvalue weighted by Crippen LogP contribution is -2.37. The molecule has 0 aromatic heterocycles. The smallest absolute Gasteiger partial charge is 0.0916 e. The summed E-state index contributed by atoms with van der Waals surface area (Å²) in [6, 6.07) is 10.6. The van der Waals surface area contributed by atoms with Crippen molar-refractivity contribution in [2.24, 2.45) is 5.92 Å². The van der Waals surface area contributed by atoms with E-state index in [0.717, 1.165) is 18.0 Å². The third-order valence-corrected chi connectivity index (χ3v) is 4.25. The van der Waals surface area contributed by atoms with Gasteiger partial charge in [0, 0.05) is 12.6 Å². The van der Waals surface area contributed by atoms with Gasteiger partial charge in [-0.05, 0) is 44.2 Å². The van der Waals surface area contributed by atoms with E-state index in [9.17, 15) is 5.11 Å². The van der Waals surface area contributed by atoms with Crippen molar-refractivity contribution in [1.29, 1.82) is 0 Å². The number of likely N-dealkylation sites (N-methyl/N-ethyl adjacent to an activating group) is 1. The maximum Gasteiger partial charge on any atom is 0.0916 e. The molecule has 1 N–H and O–H groups in total. The van der Waals surface area contributed by atoms with Gasteiger partial charge in [-0.2, -0.15) is 0 Å². The highest BCUT2D eigenvalue weighted by Gasteiger charge is 2.23. The lowest BCUT2D eigenvalue weighted by atomic mass is 9.86. The molecule has 100 valence electrons. The van der Waals surface area contributed by atoms with Crippen LogP contribution in [0.3, 0.4) is 0 Å². The molecule has 1 fully saturated rings. The first-order valence-corrected chi connectivity index (χ1v) is 7.10. The van der Waals surface area contributed by atoms with Crippen molar-refractivity contribution in [1.82, 2.24) is 4.90 Å². The quantitative estimate of drug-likeness (QED) is 0.883. The molecule has 0 radical (unpaired) electrons. The van der Waals surface area contributed by atoms with Gasteiger partial charge in [0.1, 0.15) is 0 Å². The number of rotatable bonds is 4. The third-order valence-electron chi connectivity index (χ3n) is 4.25. The van der Waals surface area contributed by atoms with Gasteiger partial charge < -0.3 is 10.0 Å². The van der Waals surface area contributed by atoms with E-state index in [1.54, 1.807) is 0 Å². The van der Waals surface area contributed by atoms with Gasteiger partial charge >= 0.3 is 0 Å². The summed E-state index contributed by atoms with van der Waals surface area (Å²) in [6.07, 6.45) is 4.85. The molecule has 0 heterocycles. The molecule has 1 atom stereocenters. The molecule has 0 amide bonds. The van der Waals surface area contributed by atoms with E-state index in [4.69, 9.17) is 0 Å². The Labute approximate surface area is 111 Å². The van der Waals surface area contributed by atoms with Gasteiger partial charge in [-0.15, -0.1) is 0 Å². The molecule has 1 saturated carbocycles. The van der Waals surface area contributed by atoms with Crippen molar-refractivity contribution in [2.75, 3.05) is 13.6 Å². The van der Waals surface area contributed by atoms with E-state index in [2.05, 4.69) is 18.9 Å². The van der Waals surface area contributed by atoms with Crippen molar-refractivity contribution in [2.45, 2.75) is 44.8 Å². The van der Waals surface area contributed by atoms with E-state index in [0.29, 0.717) is 6.04 Å². The van der Waals surface area contributed by atoms with Crippen LogP contribution in [-0.4, -0.2) is 29.6 Å². The molecule has 1 aromatic carbocycles. The summed E-state index contributed by atoms with van der Waals surface area (Å²) in [7, 11) is 2.15. The minimum atomic E-state index is -0.365. The highest BCUT2D eigenvalue weighted by atomic mass is 16.3. The number of aliphatic hydroxyl groups excluding tert-OH is 1. The zero-order valence-electron chi connectivity index (χ0n) is 11.5. The van der Waals surface area contributed by atoms with Crippen LogP contribution in [0.15, 0.2) is 30.3 Å². The predicted molar refractivity (Wildman–Crippen MR) is 75.5 cm³/mol. The van der Waals surface area contributed by atoms with Crippen molar-refractivity contribution >= 4 is 0 Å². The minimum absolute atomic E-state index is 0.365. The molecule has 0 spiro atoms. The van der Waals surface area contributed by atoms with E-state index in [-0.39, 0.29) is 6.10 Å². The summed E-state index contributed by atoms with van der Waals surface area (Å²) in [5, 5.41) is 10.2. The van der Waals surface area contributed by atoms with Gasteiger partial charge in [0.15, 0.2) is 0 Å². The highest BCUT2D eigenvalue weighted by Crippen LogP contribution is 2.27. The van der Waals surface area contributed by atoms with Gasteiger partial charge in [0.05, 0.1) is 6.10 Å². The normalized spacial score (nSPS) is 26.2. The summed E-state index contributed by atoms with van der Waals surface area (Å²) in [5.74, 6) is 0.883. The number of nitrogens with zero attached hydrogens (tertiary/aromatic N) is 1. The predicted octanol–water partition coefficient (Wildman–Crippen LogP) is 3.23. The Morgan fingerprint density at radius 2 is 1.78 bits per heavy atom. The molecule has 1 aromatic rings. The van der Waals surface area contributed by atoms with E-state index < -0.39 is 0 Å². The zero-order chi connectivity index (χ0) is 13.0. The summed E-state index contributed by atoms with van der Waals surface area (Å²) in [4.78, 5) is 2.34. The van der Waals surface area contributed by atoms with Crippen LogP contribution in [0, 0.1) is 5.92 Å². The van der Waals surface area contributed by atoms with Crippen LogP contribution in [0.2, 0.25) is 0 Å². The van der Waals surface area contributed by atoms with Crippen LogP contribution >= 0.6 is 0 Å². The molecule has 0 unspecified atom stereocenters. The van der Waals surface area contributed by atoms with Crippen molar-refractivity contribution < 1.29 is 5.11 Å². The molecular weight excluding hydrogens is 222 g/mol. The average Bonchev–Trinajstić information content (AvgIpc) is 2.40. The Hall–Kier alpha value is -0.860. The molecule has 2 heteroatoms. The van der Waals surface area contributed by atoms with Crippen molar-refractivity contribution in [3.8, 4) is 0 Å². The lowest BCUT2D eigenvalue weighted by Gasteiger charge is -2.34. The Kier molecular flexibility index (Phi) is 4.79. The van der Waals surface area contributed by atoms with E-state index >= 15 is 0 Å². The monoisotopic (exact) mass is 247 g/mol. The maximum absolute atomic E-state index is 10.2. The fourth-order valence-corrected chi connectivity index (χ4v) is 2.89. The third kappa shape index (κ3) is 3.56. The first-order chi connectivity index (χ1) is 8.66. The van der Waals surface area contributed by atoms with Gasteiger partial charge in [0.25, 0.3) is 0 Å². The molecule has 0 aliphatic heterocycles. The molecule has 1 aliphatic carbocycles. The van der Waals surface area contributed by atoms with Crippen molar-refractivity contribution in [3.05, 3.63) is 35.9 Å². The molecule has 2 rings (SSSR count). The van der Waals surface area contributed by atoms with Crippen LogP contribution in [0.4, 0.5) is 0 Å². The Balaban J connectivity index is 1.85. The zero-order valence-corrected chi connectivity index (χ0v) is 11.5. The highest BCUT2D eigenvalue weighted by molar-refractivity contribution is 5.17. The number of aliphatic hydroxyl groups is 1. The summed E-state index contributed by atoms with van der Waals surface area (Å²) < 4.78 is 0. The van der Waals surface area contributed by atoms with Gasteiger partial charge in [0.2, 0.25) is 0 Å². The Bertz CT molecular complexity index is 343. The Morgan fingerprint density at radius 1 is 1.17 bits per heavy atom. The van der Waals surface area contributed by atoms with Crippen LogP contribution in [-0.2, 0) is 0 Å². The van der Waals surface area contributed by atoms with Crippen LogP contribution in [0.1, 0.15) is 44.3 Å². The summed E-state index contributed by atoms with van der Waals surface area (Å²) in [6.45, 7) is 3.08. The van der Waals surface area contributed by atoms with Gasteiger partial charge in [-0.1, -0.05) is 37.3 Å². The minimum Gasteiger partial charge on any atom is -0.387 e. The second-order valence-electron chi connectivity index (χ2n) is 5.78. The van der Waals surface area contributed by atoms with Crippen LogP contribution in [0.25, 0.3) is 0 Å². The largest absolute Gasteiger partial charge is 0.387 e. The van der Waals surface area contributed by atoms with Crippen LogP contribution in [0.5, 0.6) is 0 Å². The van der Waals surface area contributed by atoms with Crippen LogP contribution < -0.4 is 0 Å². The molecule has 0 bridgehead atoms. The first-order valence-electron chi connectivity index (χ1n) is 7.10. The summed E-state index contributed by atoms with van der Waals surface area (Å²) in [5.41, 5.74) is 1.02. The van der Waals surface area contributed by atoms with Gasteiger partial charge in [-0.3, -0.25) is 0 Å². The fraction of sp³-hybridized carbons (Fsp3) is 0.625. The van der Waals surface area contributed by atoms with Crippen molar-refractivity contribution in [3.63, 3.8) is 0 Å². The molecule has 18 heavy (non-hydrogen) atoms.